The van der Waals surface area contributed by atoms with Crippen molar-refractivity contribution in [2.24, 2.45) is 0 Å². The third-order valence-electron chi connectivity index (χ3n) is 4.38. The minimum Gasteiger partial charge on any atom is -0.492 e. The fourth-order valence-electron chi connectivity index (χ4n) is 2.66. The van der Waals surface area contributed by atoms with Gasteiger partial charge in [-0.25, -0.2) is 0 Å². The van der Waals surface area contributed by atoms with E-state index in [1.165, 1.54) is 0 Å². The van der Waals surface area contributed by atoms with Gasteiger partial charge >= 0.3 is 0 Å². The van der Waals surface area contributed by atoms with Gasteiger partial charge in [0.15, 0.2) is 12.4 Å². The molecule has 0 heterocycles. The Hall–Kier alpha value is -3.60. The van der Waals surface area contributed by atoms with Gasteiger partial charge < -0.3 is 14.4 Å². The summed E-state index contributed by atoms with van der Waals surface area (Å²) in [5.74, 6) is 1.11. The van der Waals surface area contributed by atoms with Crippen molar-refractivity contribution < 1.29 is 19.1 Å². The van der Waals surface area contributed by atoms with E-state index >= 15 is 0 Å². The minimum absolute atomic E-state index is 0.0497. The fraction of sp³-hybridized carbons (Fsp3) is 0.167. The van der Waals surface area contributed by atoms with Crippen molar-refractivity contribution in [3.8, 4) is 11.5 Å². The zero-order valence-corrected chi connectivity index (χ0v) is 16.3. The lowest BCUT2D eigenvalue weighted by molar-refractivity contribution is -0.132. The molecule has 0 bridgehead atoms. The second kappa shape index (κ2) is 10.1. The monoisotopic (exact) mass is 389 g/mol. The van der Waals surface area contributed by atoms with Crippen molar-refractivity contribution in [1.29, 1.82) is 0 Å². The molecule has 0 unspecified atom stereocenters. The Morgan fingerprint density at radius 3 is 1.93 bits per heavy atom. The lowest BCUT2D eigenvalue weighted by Crippen LogP contribution is -2.34. The number of rotatable bonds is 9. The summed E-state index contributed by atoms with van der Waals surface area (Å²) in [7, 11) is 1.71. The molecule has 1 amide bonds. The highest BCUT2D eigenvalue weighted by atomic mass is 16.5. The van der Waals surface area contributed by atoms with E-state index < -0.39 is 0 Å². The molecule has 0 aliphatic rings. The van der Waals surface area contributed by atoms with Crippen LogP contribution in [-0.4, -0.2) is 43.4 Å². The normalized spacial score (nSPS) is 10.2. The molecule has 0 aromatic heterocycles. The van der Waals surface area contributed by atoms with E-state index in [9.17, 15) is 9.59 Å². The number of hydrogen-bond donors (Lipinski definition) is 0. The second-order valence-corrected chi connectivity index (χ2v) is 6.49. The van der Waals surface area contributed by atoms with Crippen LogP contribution in [0.2, 0.25) is 0 Å². The largest absolute Gasteiger partial charge is 0.492 e. The maximum Gasteiger partial charge on any atom is 0.260 e. The summed E-state index contributed by atoms with van der Waals surface area (Å²) in [6.45, 7) is 0.790. The van der Waals surface area contributed by atoms with E-state index in [2.05, 4.69) is 0 Å². The standard InChI is InChI=1S/C24H23NO4/c1-25(16-17-28-21-10-6-3-7-11-21)23(26)18-29-22-14-12-20(13-15-22)24(27)19-8-4-2-5-9-19/h2-15H,16-18H2,1H3. The lowest BCUT2D eigenvalue weighted by atomic mass is 10.0. The summed E-state index contributed by atoms with van der Waals surface area (Å²) < 4.78 is 11.1. The van der Waals surface area contributed by atoms with Gasteiger partial charge in [-0.15, -0.1) is 0 Å². The molecule has 29 heavy (non-hydrogen) atoms. The predicted molar refractivity (Wildman–Crippen MR) is 111 cm³/mol. The molecule has 3 rings (SSSR count). The van der Waals surface area contributed by atoms with Crippen molar-refractivity contribution in [3.63, 3.8) is 0 Å². The van der Waals surface area contributed by atoms with Gasteiger partial charge in [0.2, 0.25) is 0 Å². The van der Waals surface area contributed by atoms with Crippen LogP contribution >= 0.6 is 0 Å². The molecule has 0 atom stereocenters. The highest BCUT2D eigenvalue weighted by molar-refractivity contribution is 6.08. The summed E-state index contributed by atoms with van der Waals surface area (Å²) in [6.07, 6.45) is 0. The van der Waals surface area contributed by atoms with E-state index in [0.717, 1.165) is 5.75 Å². The number of nitrogens with zero attached hydrogens (tertiary/aromatic N) is 1. The number of hydrogen-bond acceptors (Lipinski definition) is 4. The van der Waals surface area contributed by atoms with Crippen LogP contribution in [0.4, 0.5) is 0 Å². The summed E-state index contributed by atoms with van der Waals surface area (Å²) in [5, 5.41) is 0. The first-order valence-electron chi connectivity index (χ1n) is 9.38. The van der Waals surface area contributed by atoms with Crippen molar-refractivity contribution in [2.45, 2.75) is 0 Å². The lowest BCUT2D eigenvalue weighted by Gasteiger charge is -2.18. The van der Waals surface area contributed by atoms with Crippen LogP contribution < -0.4 is 9.47 Å². The molecule has 3 aromatic carbocycles. The van der Waals surface area contributed by atoms with Crippen molar-refractivity contribution in [2.75, 3.05) is 26.8 Å². The molecule has 0 aliphatic carbocycles. The molecular formula is C24H23NO4. The van der Waals surface area contributed by atoms with Gasteiger partial charge in [-0.2, -0.15) is 0 Å². The zero-order chi connectivity index (χ0) is 20.5. The highest BCUT2D eigenvalue weighted by Gasteiger charge is 2.11. The summed E-state index contributed by atoms with van der Waals surface area (Å²) >= 11 is 0. The van der Waals surface area contributed by atoms with Gasteiger partial charge in [-0.1, -0.05) is 48.5 Å². The molecule has 5 nitrogen and oxygen atoms in total. The van der Waals surface area contributed by atoms with Gasteiger partial charge in [0.1, 0.15) is 18.1 Å². The van der Waals surface area contributed by atoms with Crippen LogP contribution in [0.3, 0.4) is 0 Å². The average Bonchev–Trinajstić information content (AvgIpc) is 2.78. The van der Waals surface area contributed by atoms with Gasteiger partial charge in [0.05, 0.1) is 6.54 Å². The van der Waals surface area contributed by atoms with Crippen LogP contribution in [0.5, 0.6) is 11.5 Å². The first-order chi connectivity index (χ1) is 14.1. The predicted octanol–water partition coefficient (Wildman–Crippen LogP) is 3.83. The van der Waals surface area contributed by atoms with E-state index in [4.69, 9.17) is 9.47 Å². The van der Waals surface area contributed by atoms with E-state index in [-0.39, 0.29) is 18.3 Å². The van der Waals surface area contributed by atoms with Crippen molar-refractivity contribution >= 4 is 11.7 Å². The van der Waals surface area contributed by atoms with Crippen LogP contribution in [0.25, 0.3) is 0 Å². The molecule has 0 radical (unpaired) electrons. The zero-order valence-electron chi connectivity index (χ0n) is 16.3. The molecule has 0 saturated heterocycles. The average molecular weight is 389 g/mol. The Kier molecular flexibility index (Phi) is 7.00. The van der Waals surface area contributed by atoms with Crippen LogP contribution in [0.15, 0.2) is 84.9 Å². The fourth-order valence-corrected chi connectivity index (χ4v) is 2.66. The summed E-state index contributed by atoms with van der Waals surface area (Å²) in [6, 6.07) is 25.4. The maximum atomic E-state index is 12.4. The topological polar surface area (TPSA) is 55.8 Å². The van der Waals surface area contributed by atoms with Crippen molar-refractivity contribution in [1.82, 2.24) is 4.90 Å². The van der Waals surface area contributed by atoms with Crippen LogP contribution in [-0.2, 0) is 4.79 Å². The SMILES string of the molecule is CN(CCOc1ccccc1)C(=O)COc1ccc(C(=O)c2ccccc2)cc1. The van der Waals surface area contributed by atoms with Gasteiger partial charge in [0.25, 0.3) is 5.91 Å². The smallest absolute Gasteiger partial charge is 0.260 e. The molecular weight excluding hydrogens is 366 g/mol. The summed E-state index contributed by atoms with van der Waals surface area (Å²) in [5.41, 5.74) is 1.21. The molecule has 0 N–H and O–H groups in total. The third-order valence-corrected chi connectivity index (χ3v) is 4.38. The number of likely N-dealkylation sites (N-methyl/N-ethyl adjacent to an activating group) is 1. The number of ether oxygens (including phenoxy) is 2. The van der Waals surface area contributed by atoms with Crippen molar-refractivity contribution in [3.05, 3.63) is 96.1 Å². The quantitative estimate of drug-likeness (QED) is 0.522. The number of ketones is 1. The number of carbonyl (C=O) groups excluding carboxylic acids is 2. The number of amides is 1. The summed E-state index contributed by atoms with van der Waals surface area (Å²) in [4.78, 5) is 26.2. The number of carbonyl (C=O) groups is 2. The van der Waals surface area contributed by atoms with Gasteiger partial charge in [-0.3, -0.25) is 9.59 Å². The highest BCUT2D eigenvalue weighted by Crippen LogP contribution is 2.15. The number of para-hydroxylation sites is 1. The number of benzene rings is 3. The van der Waals surface area contributed by atoms with E-state index in [1.807, 2.05) is 48.5 Å². The Labute approximate surface area is 170 Å². The second-order valence-electron chi connectivity index (χ2n) is 6.49. The molecule has 148 valence electrons. The molecule has 0 spiro atoms. The Morgan fingerprint density at radius 1 is 0.724 bits per heavy atom. The Morgan fingerprint density at radius 2 is 1.28 bits per heavy atom. The Bertz CT molecular complexity index is 924. The maximum absolute atomic E-state index is 12.4. The molecule has 5 heteroatoms. The van der Waals surface area contributed by atoms with Crippen LogP contribution in [0, 0.1) is 0 Å². The van der Waals surface area contributed by atoms with E-state index in [0.29, 0.717) is 30.0 Å². The first kappa shape index (κ1) is 20.1. The Balaban J connectivity index is 1.44. The molecule has 3 aromatic rings. The third kappa shape index (κ3) is 5.94. The molecule has 0 fully saturated rings. The van der Waals surface area contributed by atoms with E-state index in [1.54, 1.807) is 48.3 Å². The van der Waals surface area contributed by atoms with Crippen LogP contribution in [0.1, 0.15) is 15.9 Å². The van der Waals surface area contributed by atoms with Gasteiger partial charge in [0, 0.05) is 18.2 Å². The molecule has 0 saturated carbocycles. The van der Waals surface area contributed by atoms with Gasteiger partial charge in [-0.05, 0) is 36.4 Å². The first-order valence-corrected chi connectivity index (χ1v) is 9.38. The minimum atomic E-state index is -0.147. The molecule has 0 aliphatic heterocycles.